The highest BCUT2D eigenvalue weighted by Gasteiger charge is 2.16. The van der Waals surface area contributed by atoms with Crippen LogP contribution in [0.25, 0.3) is 0 Å². The molecule has 0 bridgehead atoms. The van der Waals surface area contributed by atoms with Gasteiger partial charge >= 0.3 is 0 Å². The zero-order chi connectivity index (χ0) is 13.8. The van der Waals surface area contributed by atoms with Crippen molar-refractivity contribution < 1.29 is 8.81 Å². The highest BCUT2D eigenvalue weighted by molar-refractivity contribution is 6.30. The van der Waals surface area contributed by atoms with Gasteiger partial charge in [0.1, 0.15) is 11.6 Å². The molecule has 1 unspecified atom stereocenters. The summed E-state index contributed by atoms with van der Waals surface area (Å²) in [7, 11) is 1.89. The molecule has 2 rings (SSSR count). The van der Waals surface area contributed by atoms with Crippen molar-refractivity contribution in [3.63, 3.8) is 0 Å². The molecule has 1 heterocycles. The van der Waals surface area contributed by atoms with Gasteiger partial charge in [-0.2, -0.15) is 0 Å². The van der Waals surface area contributed by atoms with Gasteiger partial charge in [0, 0.05) is 18.0 Å². The molecule has 0 spiro atoms. The van der Waals surface area contributed by atoms with Gasteiger partial charge < -0.3 is 9.73 Å². The lowest BCUT2D eigenvalue weighted by atomic mass is 9.98. The molecule has 0 radical (unpaired) electrons. The molecule has 0 amide bonds. The number of likely N-dealkylation sites (N-methyl/N-ethyl adjacent to an activating group) is 1. The van der Waals surface area contributed by atoms with Gasteiger partial charge in [-0.3, -0.25) is 0 Å². The van der Waals surface area contributed by atoms with Crippen molar-refractivity contribution in [2.75, 3.05) is 7.05 Å². The zero-order valence-electron chi connectivity index (χ0n) is 11.0. The number of aryl methyl sites for hydroxylation is 1. The van der Waals surface area contributed by atoms with Crippen LogP contribution in [0.2, 0.25) is 5.02 Å². The summed E-state index contributed by atoms with van der Waals surface area (Å²) in [5.74, 6) is 0.589. The molecule has 19 heavy (non-hydrogen) atoms. The number of nitrogens with one attached hydrogen (secondary N) is 1. The maximum Gasteiger partial charge on any atom is 0.142 e. The van der Waals surface area contributed by atoms with Crippen molar-refractivity contribution in [2.24, 2.45) is 0 Å². The van der Waals surface area contributed by atoms with Crippen LogP contribution in [0.1, 0.15) is 29.9 Å². The van der Waals surface area contributed by atoms with E-state index >= 15 is 0 Å². The minimum atomic E-state index is -0.378. The Bertz CT molecular complexity index is 553. The molecule has 102 valence electrons. The first kappa shape index (κ1) is 14.1. The van der Waals surface area contributed by atoms with E-state index in [-0.39, 0.29) is 16.9 Å². The molecule has 2 nitrogen and oxygen atoms in total. The number of benzene rings is 1. The summed E-state index contributed by atoms with van der Waals surface area (Å²) in [6.45, 7) is 2.05. The van der Waals surface area contributed by atoms with Crippen LogP contribution in [-0.2, 0) is 12.8 Å². The second-order valence-electron chi connectivity index (χ2n) is 4.45. The monoisotopic (exact) mass is 281 g/mol. The molecule has 1 N–H and O–H groups in total. The summed E-state index contributed by atoms with van der Waals surface area (Å²) in [5.41, 5.74) is 2.03. The van der Waals surface area contributed by atoms with Gasteiger partial charge in [-0.15, -0.1) is 0 Å². The predicted octanol–water partition coefficient (Wildman–Crippen LogP) is 4.14. The largest absolute Gasteiger partial charge is 0.469 e. The Morgan fingerprint density at radius 1 is 1.37 bits per heavy atom. The number of furan rings is 1. The van der Waals surface area contributed by atoms with E-state index in [0.29, 0.717) is 6.42 Å². The van der Waals surface area contributed by atoms with Crippen molar-refractivity contribution in [3.05, 3.63) is 58.3 Å². The lowest BCUT2D eigenvalue weighted by Gasteiger charge is -2.16. The van der Waals surface area contributed by atoms with Crippen LogP contribution in [0.5, 0.6) is 0 Å². The third-order valence-electron chi connectivity index (χ3n) is 3.25. The molecule has 0 saturated carbocycles. The first-order chi connectivity index (χ1) is 9.15. The predicted molar refractivity (Wildman–Crippen MR) is 75.0 cm³/mol. The molecule has 0 aliphatic carbocycles. The summed E-state index contributed by atoms with van der Waals surface area (Å²) in [6, 6.07) is 7.00. The Balaban J connectivity index is 2.21. The maximum absolute atomic E-state index is 13.5. The van der Waals surface area contributed by atoms with E-state index in [0.717, 1.165) is 23.3 Å². The normalized spacial score (nSPS) is 12.6. The summed E-state index contributed by atoms with van der Waals surface area (Å²) < 4.78 is 18.9. The molecule has 0 saturated heterocycles. The molecule has 2 aromatic rings. The summed E-state index contributed by atoms with van der Waals surface area (Å²) >= 11 is 5.69. The van der Waals surface area contributed by atoms with Gasteiger partial charge in [-0.05, 0) is 37.2 Å². The third kappa shape index (κ3) is 3.17. The van der Waals surface area contributed by atoms with Gasteiger partial charge in [-0.25, -0.2) is 4.39 Å². The molecule has 1 atom stereocenters. The molecular weight excluding hydrogens is 265 g/mol. The lowest BCUT2D eigenvalue weighted by Crippen LogP contribution is -2.19. The van der Waals surface area contributed by atoms with E-state index < -0.39 is 0 Å². The van der Waals surface area contributed by atoms with Crippen molar-refractivity contribution in [1.29, 1.82) is 0 Å². The van der Waals surface area contributed by atoms with Crippen LogP contribution in [0.3, 0.4) is 0 Å². The van der Waals surface area contributed by atoms with Crippen LogP contribution in [0.4, 0.5) is 4.39 Å². The topological polar surface area (TPSA) is 25.2 Å². The Morgan fingerprint density at radius 3 is 2.79 bits per heavy atom. The van der Waals surface area contributed by atoms with Crippen LogP contribution in [-0.4, -0.2) is 7.05 Å². The zero-order valence-corrected chi connectivity index (χ0v) is 11.8. The summed E-state index contributed by atoms with van der Waals surface area (Å²) in [6.07, 6.45) is 3.23. The Labute approximate surface area is 117 Å². The van der Waals surface area contributed by atoms with Gasteiger partial charge in [0.25, 0.3) is 0 Å². The minimum absolute atomic E-state index is 0.106. The molecule has 4 heteroatoms. The van der Waals surface area contributed by atoms with Crippen molar-refractivity contribution in [2.45, 2.75) is 25.8 Å². The van der Waals surface area contributed by atoms with Crippen LogP contribution < -0.4 is 5.32 Å². The molecule has 0 aliphatic heterocycles. The first-order valence-electron chi connectivity index (χ1n) is 6.33. The van der Waals surface area contributed by atoms with Crippen molar-refractivity contribution >= 4 is 11.6 Å². The summed E-state index contributed by atoms with van der Waals surface area (Å²) in [5, 5.41) is 3.40. The fraction of sp³-hybridized carbons (Fsp3) is 0.333. The van der Waals surface area contributed by atoms with Gasteiger partial charge in [0.05, 0.1) is 11.3 Å². The smallest absolute Gasteiger partial charge is 0.142 e. The average molecular weight is 282 g/mol. The minimum Gasteiger partial charge on any atom is -0.469 e. The fourth-order valence-electron chi connectivity index (χ4n) is 2.22. The second-order valence-corrected chi connectivity index (χ2v) is 4.85. The van der Waals surface area contributed by atoms with E-state index in [9.17, 15) is 4.39 Å². The molecule has 1 aromatic carbocycles. The highest BCUT2D eigenvalue weighted by atomic mass is 35.5. The standard InChI is InChI=1S/C15H17ClFNO/c1-3-15-11(6-7-19-15)14(18-2)9-10-4-5-12(16)13(17)8-10/h4-8,14,18H,3,9H2,1-2H3. The molecule has 0 fully saturated rings. The van der Waals surface area contributed by atoms with Gasteiger partial charge in [-0.1, -0.05) is 24.6 Å². The summed E-state index contributed by atoms with van der Waals surface area (Å²) in [4.78, 5) is 0. The van der Waals surface area contributed by atoms with Crippen LogP contribution >= 0.6 is 11.6 Å². The highest BCUT2D eigenvalue weighted by Crippen LogP contribution is 2.25. The third-order valence-corrected chi connectivity index (χ3v) is 3.56. The maximum atomic E-state index is 13.5. The van der Waals surface area contributed by atoms with E-state index in [1.807, 2.05) is 19.2 Å². The SMILES string of the molecule is CCc1occc1C(Cc1ccc(Cl)c(F)c1)NC. The Morgan fingerprint density at radius 2 is 2.16 bits per heavy atom. The first-order valence-corrected chi connectivity index (χ1v) is 6.71. The van der Waals surface area contributed by atoms with Crippen LogP contribution in [0, 0.1) is 5.82 Å². The number of halogens is 2. The van der Waals surface area contributed by atoms with E-state index in [1.54, 1.807) is 12.3 Å². The number of hydrogen-bond acceptors (Lipinski definition) is 2. The Hall–Kier alpha value is -1.32. The number of rotatable bonds is 5. The number of hydrogen-bond donors (Lipinski definition) is 1. The average Bonchev–Trinajstić information content (AvgIpc) is 2.88. The van der Waals surface area contributed by atoms with Crippen LogP contribution in [0.15, 0.2) is 34.9 Å². The fourth-order valence-corrected chi connectivity index (χ4v) is 2.34. The van der Waals surface area contributed by atoms with E-state index in [4.69, 9.17) is 16.0 Å². The second kappa shape index (κ2) is 6.22. The van der Waals surface area contributed by atoms with Crippen molar-refractivity contribution in [3.8, 4) is 0 Å². The van der Waals surface area contributed by atoms with E-state index in [1.165, 1.54) is 6.07 Å². The molecular formula is C15H17ClFNO. The molecule has 1 aromatic heterocycles. The van der Waals surface area contributed by atoms with Gasteiger partial charge in [0.15, 0.2) is 0 Å². The van der Waals surface area contributed by atoms with Crippen molar-refractivity contribution in [1.82, 2.24) is 5.32 Å². The lowest BCUT2D eigenvalue weighted by molar-refractivity contribution is 0.495. The van der Waals surface area contributed by atoms with Gasteiger partial charge in [0.2, 0.25) is 0 Å². The Kier molecular flexibility index (Phi) is 4.61. The van der Waals surface area contributed by atoms with E-state index in [2.05, 4.69) is 12.2 Å². The quantitative estimate of drug-likeness (QED) is 0.891. The molecule has 0 aliphatic rings.